The molecule has 0 saturated carbocycles. The van der Waals surface area contributed by atoms with E-state index in [1.54, 1.807) is 0 Å². The van der Waals surface area contributed by atoms with E-state index >= 15 is 0 Å². The summed E-state index contributed by atoms with van der Waals surface area (Å²) in [7, 11) is 0. The summed E-state index contributed by atoms with van der Waals surface area (Å²) >= 11 is 1.52. The van der Waals surface area contributed by atoms with Crippen LogP contribution in [0.5, 0.6) is 0 Å². The van der Waals surface area contributed by atoms with E-state index in [-0.39, 0.29) is 11.9 Å². The molecule has 1 aliphatic heterocycles. The van der Waals surface area contributed by atoms with E-state index in [0.29, 0.717) is 12.5 Å². The van der Waals surface area contributed by atoms with Gasteiger partial charge in [-0.3, -0.25) is 4.79 Å². The van der Waals surface area contributed by atoms with Crippen LogP contribution in [0, 0.1) is 12.8 Å². The van der Waals surface area contributed by atoms with Gasteiger partial charge in [0, 0.05) is 19.0 Å². The zero-order valence-electron chi connectivity index (χ0n) is 14.6. The van der Waals surface area contributed by atoms with Crippen LogP contribution in [-0.4, -0.2) is 24.0 Å². The number of hydrogen-bond donors (Lipinski definition) is 2. The average molecular weight is 343 g/mol. The van der Waals surface area contributed by atoms with Gasteiger partial charge in [-0.1, -0.05) is 38.1 Å². The molecule has 1 aromatic carbocycles. The summed E-state index contributed by atoms with van der Waals surface area (Å²) in [6.07, 6.45) is 1.98. The van der Waals surface area contributed by atoms with Crippen LogP contribution in [-0.2, 0) is 12.8 Å². The number of carbonyl (C=O) groups is 1. The van der Waals surface area contributed by atoms with Gasteiger partial charge in [-0.2, -0.15) is 0 Å². The molecule has 0 saturated heterocycles. The van der Waals surface area contributed by atoms with Gasteiger partial charge < -0.3 is 10.6 Å². The monoisotopic (exact) mass is 343 g/mol. The molecule has 0 fully saturated rings. The SMILES string of the molecule is Cc1nc(CC(C)C)sc1C(=O)NCC1NCCc2ccccc21. The molecule has 0 aliphatic carbocycles. The van der Waals surface area contributed by atoms with Crippen molar-refractivity contribution in [2.45, 2.75) is 39.7 Å². The minimum Gasteiger partial charge on any atom is -0.349 e. The fourth-order valence-electron chi connectivity index (χ4n) is 3.15. The summed E-state index contributed by atoms with van der Waals surface area (Å²) in [5.41, 5.74) is 3.51. The number of fused-ring (bicyclic) bond motifs is 1. The van der Waals surface area contributed by atoms with Crippen molar-refractivity contribution < 1.29 is 4.79 Å². The number of thiazole rings is 1. The van der Waals surface area contributed by atoms with E-state index in [4.69, 9.17) is 0 Å². The van der Waals surface area contributed by atoms with E-state index in [1.165, 1.54) is 22.5 Å². The van der Waals surface area contributed by atoms with Crippen molar-refractivity contribution >= 4 is 17.2 Å². The van der Waals surface area contributed by atoms with Crippen LogP contribution in [0.1, 0.15) is 51.4 Å². The van der Waals surface area contributed by atoms with Crippen LogP contribution in [0.25, 0.3) is 0 Å². The zero-order valence-corrected chi connectivity index (χ0v) is 15.4. The number of rotatable bonds is 5. The van der Waals surface area contributed by atoms with Gasteiger partial charge in [-0.05, 0) is 36.9 Å². The van der Waals surface area contributed by atoms with Gasteiger partial charge in [0.15, 0.2) is 0 Å². The lowest BCUT2D eigenvalue weighted by atomic mass is 9.94. The predicted molar refractivity (Wildman–Crippen MR) is 98.6 cm³/mol. The molecule has 3 rings (SSSR count). The van der Waals surface area contributed by atoms with Crippen LogP contribution in [0.3, 0.4) is 0 Å². The fraction of sp³-hybridized carbons (Fsp3) is 0.474. The minimum absolute atomic E-state index is 0.00939. The normalized spacial score (nSPS) is 16.9. The van der Waals surface area contributed by atoms with Crippen LogP contribution in [0.15, 0.2) is 24.3 Å². The van der Waals surface area contributed by atoms with Crippen molar-refractivity contribution in [3.8, 4) is 0 Å². The molecule has 2 N–H and O–H groups in total. The smallest absolute Gasteiger partial charge is 0.263 e. The van der Waals surface area contributed by atoms with Gasteiger partial charge >= 0.3 is 0 Å². The lowest BCUT2D eigenvalue weighted by molar-refractivity contribution is 0.0952. The number of aryl methyl sites for hydroxylation is 1. The molecule has 2 heterocycles. The Hall–Kier alpha value is -1.72. The molecule has 4 nitrogen and oxygen atoms in total. The number of hydrogen-bond acceptors (Lipinski definition) is 4. The quantitative estimate of drug-likeness (QED) is 0.876. The summed E-state index contributed by atoms with van der Waals surface area (Å²) in [5, 5.41) is 7.64. The number of benzene rings is 1. The average Bonchev–Trinajstić information content (AvgIpc) is 2.92. The van der Waals surface area contributed by atoms with E-state index in [9.17, 15) is 4.79 Å². The summed E-state index contributed by atoms with van der Waals surface area (Å²) in [6.45, 7) is 7.82. The van der Waals surface area contributed by atoms with Gasteiger partial charge in [-0.15, -0.1) is 11.3 Å². The van der Waals surface area contributed by atoms with Crippen molar-refractivity contribution in [2.75, 3.05) is 13.1 Å². The van der Waals surface area contributed by atoms with Crippen LogP contribution >= 0.6 is 11.3 Å². The molecule has 1 atom stereocenters. The molecule has 128 valence electrons. The molecule has 0 radical (unpaired) electrons. The molecule has 1 aromatic heterocycles. The number of nitrogens with zero attached hydrogens (tertiary/aromatic N) is 1. The first-order chi connectivity index (χ1) is 11.5. The third-order valence-electron chi connectivity index (χ3n) is 4.31. The molecule has 2 aromatic rings. The molecule has 1 aliphatic rings. The molecule has 1 amide bonds. The zero-order chi connectivity index (χ0) is 17.1. The molecule has 0 bridgehead atoms. The van der Waals surface area contributed by atoms with E-state index in [1.807, 2.05) is 6.92 Å². The van der Waals surface area contributed by atoms with Crippen molar-refractivity contribution in [2.24, 2.45) is 5.92 Å². The van der Waals surface area contributed by atoms with Crippen molar-refractivity contribution in [1.82, 2.24) is 15.6 Å². The lowest BCUT2D eigenvalue weighted by Gasteiger charge is -2.27. The maximum atomic E-state index is 12.6. The summed E-state index contributed by atoms with van der Waals surface area (Å²) in [6, 6.07) is 8.65. The third kappa shape index (κ3) is 3.84. The molecule has 0 spiro atoms. The third-order valence-corrected chi connectivity index (χ3v) is 5.49. The standard InChI is InChI=1S/C19H25N3OS/c1-12(2)10-17-22-13(3)18(24-17)19(23)21-11-16-15-7-5-4-6-14(15)8-9-20-16/h4-7,12,16,20H,8-11H2,1-3H3,(H,21,23). The van der Waals surface area contributed by atoms with Gasteiger partial charge in [0.1, 0.15) is 4.88 Å². The van der Waals surface area contributed by atoms with E-state index < -0.39 is 0 Å². The van der Waals surface area contributed by atoms with Gasteiger partial charge in [-0.25, -0.2) is 4.98 Å². The van der Waals surface area contributed by atoms with Crippen molar-refractivity contribution in [3.05, 3.63) is 51.0 Å². The van der Waals surface area contributed by atoms with E-state index in [2.05, 4.69) is 53.7 Å². The summed E-state index contributed by atoms with van der Waals surface area (Å²) in [4.78, 5) is 17.8. The van der Waals surface area contributed by atoms with Gasteiger partial charge in [0.05, 0.1) is 10.7 Å². The second-order valence-corrected chi connectivity index (χ2v) is 7.87. The second-order valence-electron chi connectivity index (χ2n) is 6.79. The minimum atomic E-state index is -0.00939. The maximum absolute atomic E-state index is 12.6. The van der Waals surface area contributed by atoms with Crippen LogP contribution in [0.4, 0.5) is 0 Å². The van der Waals surface area contributed by atoms with Crippen LogP contribution in [0.2, 0.25) is 0 Å². The number of aromatic nitrogens is 1. The van der Waals surface area contributed by atoms with Gasteiger partial charge in [0.2, 0.25) is 0 Å². The Morgan fingerprint density at radius 1 is 1.42 bits per heavy atom. The van der Waals surface area contributed by atoms with E-state index in [0.717, 1.165) is 35.0 Å². The highest BCUT2D eigenvalue weighted by molar-refractivity contribution is 7.13. The lowest BCUT2D eigenvalue weighted by Crippen LogP contribution is -2.38. The Kier molecular flexibility index (Phi) is 5.31. The first-order valence-corrected chi connectivity index (χ1v) is 9.42. The molecule has 24 heavy (non-hydrogen) atoms. The molecule has 1 unspecified atom stereocenters. The van der Waals surface area contributed by atoms with Crippen LogP contribution < -0.4 is 10.6 Å². The Labute approximate surface area is 147 Å². The Morgan fingerprint density at radius 2 is 2.21 bits per heavy atom. The molecular weight excluding hydrogens is 318 g/mol. The van der Waals surface area contributed by atoms with Crippen molar-refractivity contribution in [3.63, 3.8) is 0 Å². The maximum Gasteiger partial charge on any atom is 0.263 e. The predicted octanol–water partition coefficient (Wildman–Crippen LogP) is 3.27. The van der Waals surface area contributed by atoms with Crippen molar-refractivity contribution in [1.29, 1.82) is 0 Å². The Bertz CT molecular complexity index is 723. The number of carbonyl (C=O) groups excluding carboxylic acids is 1. The summed E-state index contributed by atoms with van der Waals surface area (Å²) < 4.78 is 0. The van der Waals surface area contributed by atoms with Gasteiger partial charge in [0.25, 0.3) is 5.91 Å². The molecule has 5 heteroatoms. The number of nitrogens with one attached hydrogen (secondary N) is 2. The fourth-order valence-corrected chi connectivity index (χ4v) is 4.34. The molecular formula is C19H25N3OS. The largest absolute Gasteiger partial charge is 0.349 e. The first-order valence-electron chi connectivity index (χ1n) is 8.60. The Balaban J connectivity index is 1.65. The summed E-state index contributed by atoms with van der Waals surface area (Å²) in [5.74, 6) is 0.541. The number of amides is 1. The highest BCUT2D eigenvalue weighted by atomic mass is 32.1. The first kappa shape index (κ1) is 17.1. The highest BCUT2D eigenvalue weighted by Crippen LogP contribution is 2.23. The topological polar surface area (TPSA) is 54.0 Å². The Morgan fingerprint density at radius 3 is 3.00 bits per heavy atom. The highest BCUT2D eigenvalue weighted by Gasteiger charge is 2.21. The second kappa shape index (κ2) is 7.45.